The van der Waals surface area contributed by atoms with E-state index in [1.54, 1.807) is 12.1 Å². The van der Waals surface area contributed by atoms with Crippen LogP contribution in [0.5, 0.6) is 5.75 Å². The SMILES string of the molecule is CC[C@H](N)c1cccc(F)c1OC.Cl. The van der Waals surface area contributed by atoms with Gasteiger partial charge in [-0.2, -0.15) is 0 Å². The maximum absolute atomic E-state index is 13.2. The molecule has 2 N–H and O–H groups in total. The zero-order valence-electron chi connectivity index (χ0n) is 8.29. The van der Waals surface area contributed by atoms with Gasteiger partial charge in [-0.25, -0.2) is 4.39 Å². The van der Waals surface area contributed by atoms with Gasteiger partial charge in [0, 0.05) is 11.6 Å². The summed E-state index contributed by atoms with van der Waals surface area (Å²) in [4.78, 5) is 0. The van der Waals surface area contributed by atoms with E-state index in [2.05, 4.69) is 0 Å². The lowest BCUT2D eigenvalue weighted by Crippen LogP contribution is -2.10. The van der Waals surface area contributed by atoms with E-state index in [4.69, 9.17) is 10.5 Å². The summed E-state index contributed by atoms with van der Waals surface area (Å²) in [6, 6.07) is 4.63. The van der Waals surface area contributed by atoms with E-state index in [1.165, 1.54) is 13.2 Å². The molecule has 0 saturated carbocycles. The Bertz CT molecular complexity index is 293. The average molecular weight is 220 g/mol. The van der Waals surface area contributed by atoms with Gasteiger partial charge in [-0.3, -0.25) is 0 Å². The van der Waals surface area contributed by atoms with Crippen LogP contribution in [0.4, 0.5) is 4.39 Å². The van der Waals surface area contributed by atoms with Crippen LogP contribution in [-0.4, -0.2) is 7.11 Å². The number of rotatable bonds is 3. The zero-order valence-corrected chi connectivity index (χ0v) is 9.10. The number of hydrogen-bond acceptors (Lipinski definition) is 2. The molecule has 0 heterocycles. The molecule has 1 aromatic rings. The van der Waals surface area contributed by atoms with E-state index >= 15 is 0 Å². The smallest absolute Gasteiger partial charge is 0.165 e. The standard InChI is InChI=1S/C10H14FNO.ClH/c1-3-9(12)7-5-4-6-8(11)10(7)13-2;/h4-6,9H,3,12H2,1-2H3;1H/t9-;/m0./s1. The summed E-state index contributed by atoms with van der Waals surface area (Å²) >= 11 is 0. The fourth-order valence-electron chi connectivity index (χ4n) is 1.25. The summed E-state index contributed by atoms with van der Waals surface area (Å²) in [7, 11) is 1.45. The lowest BCUT2D eigenvalue weighted by molar-refractivity contribution is 0.377. The molecule has 0 spiro atoms. The number of halogens is 2. The normalized spacial score (nSPS) is 11.7. The van der Waals surface area contributed by atoms with Gasteiger partial charge in [0.2, 0.25) is 0 Å². The van der Waals surface area contributed by atoms with Crippen molar-refractivity contribution in [2.45, 2.75) is 19.4 Å². The summed E-state index contributed by atoms with van der Waals surface area (Å²) in [5, 5.41) is 0. The summed E-state index contributed by atoms with van der Waals surface area (Å²) in [6.07, 6.45) is 0.764. The van der Waals surface area contributed by atoms with Crippen molar-refractivity contribution in [1.82, 2.24) is 0 Å². The topological polar surface area (TPSA) is 35.2 Å². The van der Waals surface area contributed by atoms with Crippen molar-refractivity contribution in [1.29, 1.82) is 0 Å². The minimum atomic E-state index is -0.357. The number of para-hydroxylation sites is 1. The first-order valence-corrected chi connectivity index (χ1v) is 4.28. The molecule has 0 aromatic heterocycles. The second-order valence-corrected chi connectivity index (χ2v) is 2.88. The van der Waals surface area contributed by atoms with Crippen LogP contribution in [0.25, 0.3) is 0 Å². The Morgan fingerprint density at radius 2 is 2.14 bits per heavy atom. The Hall–Kier alpha value is -0.800. The molecular formula is C10H15ClFNO. The highest BCUT2D eigenvalue weighted by Gasteiger charge is 2.13. The quantitative estimate of drug-likeness (QED) is 0.849. The van der Waals surface area contributed by atoms with Crippen molar-refractivity contribution in [3.8, 4) is 5.75 Å². The molecule has 0 aliphatic rings. The molecule has 0 radical (unpaired) electrons. The third-order valence-electron chi connectivity index (χ3n) is 2.04. The second kappa shape index (κ2) is 5.83. The Balaban J connectivity index is 0.00000169. The molecule has 0 fully saturated rings. The van der Waals surface area contributed by atoms with Gasteiger partial charge in [-0.05, 0) is 12.5 Å². The first kappa shape index (κ1) is 13.2. The van der Waals surface area contributed by atoms with Crippen molar-refractivity contribution < 1.29 is 9.13 Å². The Labute approximate surface area is 89.7 Å². The highest BCUT2D eigenvalue weighted by Crippen LogP contribution is 2.27. The molecule has 1 rings (SSSR count). The van der Waals surface area contributed by atoms with Crippen molar-refractivity contribution in [3.63, 3.8) is 0 Å². The summed E-state index contributed by atoms with van der Waals surface area (Å²) in [6.45, 7) is 1.95. The molecule has 4 heteroatoms. The van der Waals surface area contributed by atoms with Gasteiger partial charge < -0.3 is 10.5 Å². The molecule has 1 aromatic carbocycles. The van der Waals surface area contributed by atoms with Crippen molar-refractivity contribution in [2.75, 3.05) is 7.11 Å². The molecule has 14 heavy (non-hydrogen) atoms. The average Bonchev–Trinajstić information content (AvgIpc) is 2.16. The molecule has 0 amide bonds. The van der Waals surface area contributed by atoms with E-state index in [0.29, 0.717) is 0 Å². The number of hydrogen-bond donors (Lipinski definition) is 1. The van der Waals surface area contributed by atoms with E-state index in [9.17, 15) is 4.39 Å². The monoisotopic (exact) mass is 219 g/mol. The van der Waals surface area contributed by atoms with E-state index in [1.807, 2.05) is 6.92 Å². The third kappa shape index (κ3) is 2.59. The highest BCUT2D eigenvalue weighted by molar-refractivity contribution is 5.85. The zero-order chi connectivity index (χ0) is 9.84. The third-order valence-corrected chi connectivity index (χ3v) is 2.04. The predicted molar refractivity (Wildman–Crippen MR) is 57.4 cm³/mol. The number of ether oxygens (including phenoxy) is 1. The van der Waals surface area contributed by atoms with Gasteiger partial charge in [0.25, 0.3) is 0 Å². The molecule has 0 unspecified atom stereocenters. The van der Waals surface area contributed by atoms with Crippen LogP contribution in [0.1, 0.15) is 24.9 Å². The van der Waals surface area contributed by atoms with Crippen molar-refractivity contribution in [3.05, 3.63) is 29.6 Å². The highest BCUT2D eigenvalue weighted by atomic mass is 35.5. The maximum Gasteiger partial charge on any atom is 0.165 e. The molecule has 80 valence electrons. The lowest BCUT2D eigenvalue weighted by Gasteiger charge is -2.13. The van der Waals surface area contributed by atoms with Crippen molar-refractivity contribution >= 4 is 12.4 Å². The fraction of sp³-hybridized carbons (Fsp3) is 0.400. The van der Waals surface area contributed by atoms with Gasteiger partial charge in [0.15, 0.2) is 11.6 Å². The second-order valence-electron chi connectivity index (χ2n) is 2.88. The minimum absolute atomic E-state index is 0. The molecule has 0 saturated heterocycles. The molecular weight excluding hydrogens is 205 g/mol. The number of nitrogens with two attached hydrogens (primary N) is 1. The molecule has 0 bridgehead atoms. The van der Waals surface area contributed by atoms with E-state index < -0.39 is 0 Å². The summed E-state index contributed by atoms with van der Waals surface area (Å²) in [5.41, 5.74) is 6.52. The minimum Gasteiger partial charge on any atom is -0.493 e. The van der Waals surface area contributed by atoms with E-state index in [0.717, 1.165) is 12.0 Å². The van der Waals surface area contributed by atoms with Crippen LogP contribution in [-0.2, 0) is 0 Å². The summed E-state index contributed by atoms with van der Waals surface area (Å²) < 4.78 is 18.1. The lowest BCUT2D eigenvalue weighted by atomic mass is 10.0. The number of methoxy groups -OCH3 is 1. The van der Waals surface area contributed by atoms with Crippen LogP contribution >= 0.6 is 12.4 Å². The van der Waals surface area contributed by atoms with E-state index in [-0.39, 0.29) is 30.0 Å². The van der Waals surface area contributed by atoms with Crippen molar-refractivity contribution in [2.24, 2.45) is 5.73 Å². The fourth-order valence-corrected chi connectivity index (χ4v) is 1.25. The van der Waals surface area contributed by atoms with Gasteiger partial charge >= 0.3 is 0 Å². The molecule has 1 atom stereocenters. The van der Waals surface area contributed by atoms with Crippen LogP contribution in [0, 0.1) is 5.82 Å². The van der Waals surface area contributed by atoms with Crippen LogP contribution in [0.3, 0.4) is 0 Å². The van der Waals surface area contributed by atoms with Crippen LogP contribution in [0.15, 0.2) is 18.2 Å². The van der Waals surface area contributed by atoms with Gasteiger partial charge in [0.05, 0.1) is 7.11 Å². The van der Waals surface area contributed by atoms with Gasteiger partial charge in [-0.1, -0.05) is 19.1 Å². The maximum atomic E-state index is 13.2. The summed E-state index contributed by atoms with van der Waals surface area (Å²) in [5.74, 6) is -0.0965. The number of benzene rings is 1. The molecule has 0 aliphatic carbocycles. The van der Waals surface area contributed by atoms with Crippen LogP contribution < -0.4 is 10.5 Å². The Kier molecular flexibility index (Phi) is 5.50. The van der Waals surface area contributed by atoms with Gasteiger partial charge in [0.1, 0.15) is 0 Å². The molecule has 0 aliphatic heterocycles. The molecule has 2 nitrogen and oxygen atoms in total. The first-order valence-electron chi connectivity index (χ1n) is 4.28. The largest absolute Gasteiger partial charge is 0.493 e. The van der Waals surface area contributed by atoms with Gasteiger partial charge in [-0.15, -0.1) is 12.4 Å². The predicted octanol–water partition coefficient (Wildman–Crippen LogP) is 2.67. The first-order chi connectivity index (χ1) is 6.20. The Morgan fingerprint density at radius 1 is 1.50 bits per heavy atom. The van der Waals surface area contributed by atoms with Crippen LogP contribution in [0.2, 0.25) is 0 Å². The Morgan fingerprint density at radius 3 is 2.64 bits per heavy atom.